The summed E-state index contributed by atoms with van der Waals surface area (Å²) in [5, 5.41) is 13.8. The summed E-state index contributed by atoms with van der Waals surface area (Å²) in [6, 6.07) is 11.8. The molecule has 2 aromatic carbocycles. The lowest BCUT2D eigenvalue weighted by molar-refractivity contribution is 0.130. The van der Waals surface area contributed by atoms with Crippen LogP contribution in [-0.2, 0) is 6.42 Å². The fraction of sp³-hybridized carbons (Fsp3) is 0.400. The van der Waals surface area contributed by atoms with E-state index in [2.05, 4.69) is 12.2 Å². The van der Waals surface area contributed by atoms with Gasteiger partial charge in [0.05, 0.1) is 20.3 Å². The molecule has 0 saturated carbocycles. The highest BCUT2D eigenvalue weighted by molar-refractivity contribution is 5.43. The predicted octanol–water partition coefficient (Wildman–Crippen LogP) is 3.49. The van der Waals surface area contributed by atoms with Crippen LogP contribution in [0, 0.1) is 5.82 Å². The highest BCUT2D eigenvalue weighted by Gasteiger charge is 2.18. The number of benzene rings is 2. The van der Waals surface area contributed by atoms with Gasteiger partial charge in [0.1, 0.15) is 5.82 Å². The first-order valence-electron chi connectivity index (χ1n) is 8.35. The van der Waals surface area contributed by atoms with Crippen molar-refractivity contribution >= 4 is 0 Å². The van der Waals surface area contributed by atoms with Gasteiger partial charge in [0, 0.05) is 12.1 Å². The molecule has 0 radical (unpaired) electrons. The van der Waals surface area contributed by atoms with Crippen molar-refractivity contribution in [1.29, 1.82) is 0 Å². The van der Waals surface area contributed by atoms with Gasteiger partial charge < -0.3 is 19.9 Å². The molecule has 0 spiro atoms. The van der Waals surface area contributed by atoms with Crippen LogP contribution in [0.1, 0.15) is 31.1 Å². The first-order valence-corrected chi connectivity index (χ1v) is 8.35. The average molecular weight is 347 g/mol. The molecule has 2 N–H and O–H groups in total. The van der Waals surface area contributed by atoms with Crippen LogP contribution in [0.15, 0.2) is 42.5 Å². The Bertz CT molecular complexity index is 675. The van der Waals surface area contributed by atoms with E-state index in [9.17, 15) is 9.50 Å². The van der Waals surface area contributed by atoms with Gasteiger partial charge in [-0.3, -0.25) is 0 Å². The molecule has 0 bridgehead atoms. The third kappa shape index (κ3) is 5.18. The molecule has 0 aliphatic carbocycles. The summed E-state index contributed by atoms with van der Waals surface area (Å²) in [4.78, 5) is 0. The first kappa shape index (κ1) is 19.2. The summed E-state index contributed by atoms with van der Waals surface area (Å²) in [6.45, 7) is 3.98. The van der Waals surface area contributed by atoms with E-state index in [0.29, 0.717) is 17.1 Å². The summed E-state index contributed by atoms with van der Waals surface area (Å²) in [7, 11) is 3.23. The molecule has 0 aromatic heterocycles. The van der Waals surface area contributed by atoms with Gasteiger partial charge in [-0.15, -0.1) is 0 Å². The van der Waals surface area contributed by atoms with E-state index in [-0.39, 0.29) is 17.9 Å². The van der Waals surface area contributed by atoms with Crippen LogP contribution in [0.4, 0.5) is 4.39 Å². The molecule has 2 aromatic rings. The molecule has 0 amide bonds. The number of ether oxygens (including phenoxy) is 2. The zero-order valence-electron chi connectivity index (χ0n) is 15.1. The minimum absolute atomic E-state index is 0.142. The zero-order chi connectivity index (χ0) is 18.4. The van der Waals surface area contributed by atoms with Gasteiger partial charge in [-0.1, -0.05) is 18.2 Å². The standard InChI is InChI=1S/C20H26FNO3/c1-13(11-15-5-10-18(24-3)19(12-15)25-4)22-14(2)20(23)16-6-8-17(21)9-7-16/h5-10,12-14,20,22-23H,11H2,1-4H3. The topological polar surface area (TPSA) is 50.7 Å². The monoisotopic (exact) mass is 347 g/mol. The van der Waals surface area contributed by atoms with Crippen LogP contribution in [0.5, 0.6) is 11.5 Å². The fourth-order valence-electron chi connectivity index (χ4n) is 2.91. The van der Waals surface area contributed by atoms with Crippen molar-refractivity contribution in [3.63, 3.8) is 0 Å². The Morgan fingerprint density at radius 1 is 1.00 bits per heavy atom. The molecule has 0 aliphatic rings. The minimum Gasteiger partial charge on any atom is -0.493 e. The largest absolute Gasteiger partial charge is 0.493 e. The van der Waals surface area contributed by atoms with Crippen LogP contribution in [-0.4, -0.2) is 31.4 Å². The Hall–Kier alpha value is -2.11. The molecule has 4 nitrogen and oxygen atoms in total. The van der Waals surface area contributed by atoms with Crippen molar-refractivity contribution in [3.05, 3.63) is 59.4 Å². The molecule has 25 heavy (non-hydrogen) atoms. The van der Waals surface area contributed by atoms with Crippen molar-refractivity contribution in [2.45, 2.75) is 38.5 Å². The van der Waals surface area contributed by atoms with Crippen LogP contribution >= 0.6 is 0 Å². The number of aliphatic hydroxyl groups excluding tert-OH is 1. The Kier molecular flexibility index (Phi) is 6.79. The summed E-state index contributed by atoms with van der Waals surface area (Å²) in [5.74, 6) is 1.09. The number of nitrogens with one attached hydrogen (secondary N) is 1. The van der Waals surface area contributed by atoms with Crippen LogP contribution in [0.3, 0.4) is 0 Å². The molecular weight excluding hydrogens is 321 g/mol. The Labute approximate surface area is 148 Å². The lowest BCUT2D eigenvalue weighted by atomic mass is 10.0. The average Bonchev–Trinajstić information content (AvgIpc) is 2.61. The van der Waals surface area contributed by atoms with Gasteiger partial charge in [-0.25, -0.2) is 4.39 Å². The molecule has 0 saturated heterocycles. The van der Waals surface area contributed by atoms with Crippen molar-refractivity contribution in [2.24, 2.45) is 0 Å². The van der Waals surface area contributed by atoms with Gasteiger partial charge in [0.25, 0.3) is 0 Å². The summed E-state index contributed by atoms with van der Waals surface area (Å²) < 4.78 is 23.6. The minimum atomic E-state index is -0.701. The Morgan fingerprint density at radius 2 is 1.64 bits per heavy atom. The van der Waals surface area contributed by atoms with E-state index >= 15 is 0 Å². The van der Waals surface area contributed by atoms with Crippen LogP contribution < -0.4 is 14.8 Å². The van der Waals surface area contributed by atoms with Gasteiger partial charge in [0.2, 0.25) is 0 Å². The SMILES string of the molecule is COc1ccc(CC(C)NC(C)C(O)c2ccc(F)cc2)cc1OC. The highest BCUT2D eigenvalue weighted by Crippen LogP contribution is 2.28. The van der Waals surface area contributed by atoms with Gasteiger partial charge in [-0.05, 0) is 55.7 Å². The number of hydrogen-bond acceptors (Lipinski definition) is 4. The normalized spacial score (nSPS) is 14.6. The third-order valence-corrected chi connectivity index (χ3v) is 4.22. The number of rotatable bonds is 8. The molecular formula is C20H26FNO3. The number of methoxy groups -OCH3 is 2. The van der Waals surface area contributed by atoms with Crippen molar-refractivity contribution < 1.29 is 19.0 Å². The lowest BCUT2D eigenvalue weighted by Crippen LogP contribution is -2.39. The quantitative estimate of drug-likeness (QED) is 0.768. The lowest BCUT2D eigenvalue weighted by Gasteiger charge is -2.25. The predicted molar refractivity (Wildman–Crippen MR) is 96.7 cm³/mol. The van der Waals surface area contributed by atoms with E-state index < -0.39 is 6.10 Å². The van der Waals surface area contributed by atoms with E-state index in [1.165, 1.54) is 12.1 Å². The van der Waals surface area contributed by atoms with E-state index in [0.717, 1.165) is 12.0 Å². The molecule has 3 atom stereocenters. The maximum absolute atomic E-state index is 13.0. The zero-order valence-corrected chi connectivity index (χ0v) is 15.1. The molecule has 0 heterocycles. The second-order valence-corrected chi connectivity index (χ2v) is 6.25. The molecule has 0 fully saturated rings. The van der Waals surface area contributed by atoms with Crippen LogP contribution in [0.25, 0.3) is 0 Å². The van der Waals surface area contributed by atoms with E-state index in [4.69, 9.17) is 9.47 Å². The van der Waals surface area contributed by atoms with Crippen LogP contribution in [0.2, 0.25) is 0 Å². The molecule has 2 rings (SSSR count). The summed E-state index contributed by atoms with van der Waals surface area (Å²) >= 11 is 0. The number of hydrogen-bond donors (Lipinski definition) is 2. The second-order valence-electron chi connectivity index (χ2n) is 6.25. The smallest absolute Gasteiger partial charge is 0.160 e. The Morgan fingerprint density at radius 3 is 2.24 bits per heavy atom. The maximum Gasteiger partial charge on any atom is 0.160 e. The third-order valence-electron chi connectivity index (χ3n) is 4.22. The molecule has 0 aliphatic heterocycles. The highest BCUT2D eigenvalue weighted by atomic mass is 19.1. The van der Waals surface area contributed by atoms with Gasteiger partial charge >= 0.3 is 0 Å². The van der Waals surface area contributed by atoms with Crippen molar-refractivity contribution in [1.82, 2.24) is 5.32 Å². The molecule has 5 heteroatoms. The van der Waals surface area contributed by atoms with E-state index in [1.54, 1.807) is 26.4 Å². The molecule has 136 valence electrons. The Balaban J connectivity index is 1.97. The van der Waals surface area contributed by atoms with Crippen molar-refractivity contribution in [2.75, 3.05) is 14.2 Å². The number of halogens is 1. The van der Waals surface area contributed by atoms with Gasteiger partial charge in [0.15, 0.2) is 11.5 Å². The maximum atomic E-state index is 13.0. The fourth-order valence-corrected chi connectivity index (χ4v) is 2.91. The summed E-state index contributed by atoms with van der Waals surface area (Å²) in [6.07, 6.45) is 0.0781. The molecule has 3 unspecified atom stereocenters. The summed E-state index contributed by atoms with van der Waals surface area (Å²) in [5.41, 5.74) is 1.81. The second kappa shape index (κ2) is 8.83. The van der Waals surface area contributed by atoms with Crippen molar-refractivity contribution in [3.8, 4) is 11.5 Å². The number of aliphatic hydroxyl groups is 1. The van der Waals surface area contributed by atoms with Gasteiger partial charge in [-0.2, -0.15) is 0 Å². The van der Waals surface area contributed by atoms with E-state index in [1.807, 2.05) is 25.1 Å². The first-order chi connectivity index (χ1) is 11.9.